The first-order valence-corrected chi connectivity index (χ1v) is 13.5. The molecule has 0 amide bonds. The normalized spacial score (nSPS) is 44.5. The van der Waals surface area contributed by atoms with Crippen LogP contribution in [-0.4, -0.2) is 46.1 Å². The van der Waals surface area contributed by atoms with E-state index in [4.69, 9.17) is 28.0 Å². The fourth-order valence-corrected chi connectivity index (χ4v) is 8.47. The summed E-state index contributed by atoms with van der Waals surface area (Å²) in [6.45, 7) is 5.23. The van der Waals surface area contributed by atoms with E-state index in [0.29, 0.717) is 17.1 Å². The number of aliphatic hydroxyl groups is 1. The molecule has 3 saturated carbocycles. The summed E-state index contributed by atoms with van der Waals surface area (Å²) in [5, 5.41) is 12.1. The summed E-state index contributed by atoms with van der Waals surface area (Å²) in [6, 6.07) is 6.74. The summed E-state index contributed by atoms with van der Waals surface area (Å²) in [5.41, 5.74) is -2.77. The zero-order valence-electron chi connectivity index (χ0n) is 20.9. The van der Waals surface area contributed by atoms with Crippen molar-refractivity contribution in [3.63, 3.8) is 0 Å². The summed E-state index contributed by atoms with van der Waals surface area (Å²) in [4.78, 5) is 31.9. The minimum atomic E-state index is -2.23. The summed E-state index contributed by atoms with van der Waals surface area (Å²) < 4.78 is 33.0. The maximum Gasteiger partial charge on any atom is 0.182 e. The average molecular weight is 554 g/mol. The molecule has 9 atom stereocenters. The first-order valence-electron chi connectivity index (χ1n) is 12.6. The van der Waals surface area contributed by atoms with E-state index in [1.165, 1.54) is 18.2 Å². The van der Waals surface area contributed by atoms with Crippen LogP contribution < -0.4 is 5.48 Å². The number of allylic oxidation sites excluding steroid dienone is 4. The standard InChI is InChI=1S/C28H31Cl2F2NO4/c1-15-10-19-20-12-22(31)21-11-18(34)8-9-25(21,2)27(20,32)23(35)13-26(19,3)28(15,24(36)14-29)37-33-17-6-4-16(30)5-7-17/h4-9,11,15,19-20,22-23,33,35H,10,12-14H2,1-3H3/t15-,19+,20+,22+,23+,25+,26+,27+,28+/m1/s1. The van der Waals surface area contributed by atoms with Gasteiger partial charge < -0.3 is 5.11 Å². The van der Waals surface area contributed by atoms with Crippen molar-refractivity contribution >= 4 is 40.5 Å². The van der Waals surface area contributed by atoms with Crippen LogP contribution in [0.3, 0.4) is 0 Å². The molecule has 2 N–H and O–H groups in total. The van der Waals surface area contributed by atoms with Gasteiger partial charge in [0, 0.05) is 21.8 Å². The van der Waals surface area contributed by atoms with Crippen molar-refractivity contribution in [3.05, 3.63) is 53.1 Å². The molecule has 9 heteroatoms. The molecular weight excluding hydrogens is 523 g/mol. The molecule has 5 rings (SSSR count). The quantitative estimate of drug-likeness (QED) is 0.356. The highest BCUT2D eigenvalue weighted by Gasteiger charge is 2.77. The second-order valence-electron chi connectivity index (χ2n) is 11.5. The van der Waals surface area contributed by atoms with E-state index in [9.17, 15) is 14.7 Å². The number of ketones is 2. The van der Waals surface area contributed by atoms with Crippen LogP contribution in [0.4, 0.5) is 14.5 Å². The molecule has 0 radical (unpaired) electrons. The number of nitrogens with one attached hydrogen (secondary N) is 1. The Labute approximate surface area is 225 Å². The summed E-state index contributed by atoms with van der Waals surface area (Å²) in [7, 11) is 0. The number of hydrogen-bond acceptors (Lipinski definition) is 5. The minimum Gasteiger partial charge on any atom is -0.390 e. The van der Waals surface area contributed by atoms with Crippen LogP contribution in [0.5, 0.6) is 0 Å². The molecular formula is C28H31Cl2F2NO4. The number of carbonyl (C=O) groups is 2. The molecule has 1 aromatic carbocycles. The molecule has 1 aromatic rings. The molecule has 0 heterocycles. The van der Waals surface area contributed by atoms with E-state index in [2.05, 4.69) is 5.48 Å². The van der Waals surface area contributed by atoms with Crippen molar-refractivity contribution in [2.75, 3.05) is 11.4 Å². The number of hydrogen-bond donors (Lipinski definition) is 2. The number of carbonyl (C=O) groups excluding carboxylic acids is 2. The van der Waals surface area contributed by atoms with Crippen molar-refractivity contribution in [1.29, 1.82) is 0 Å². The third-order valence-electron chi connectivity index (χ3n) is 9.88. The molecule has 0 aliphatic heterocycles. The summed E-state index contributed by atoms with van der Waals surface area (Å²) in [5.74, 6) is -2.92. The van der Waals surface area contributed by atoms with E-state index in [1.807, 2.05) is 13.8 Å². The summed E-state index contributed by atoms with van der Waals surface area (Å²) in [6.07, 6.45) is 0.825. The Morgan fingerprint density at radius 3 is 2.54 bits per heavy atom. The highest BCUT2D eigenvalue weighted by molar-refractivity contribution is 6.30. The fraction of sp³-hybridized carbons (Fsp3) is 0.571. The van der Waals surface area contributed by atoms with Gasteiger partial charge in [0.05, 0.1) is 17.7 Å². The lowest BCUT2D eigenvalue weighted by atomic mass is 9.44. The molecule has 4 aliphatic rings. The number of halogens is 4. The number of benzene rings is 1. The molecule has 0 saturated heterocycles. The highest BCUT2D eigenvalue weighted by Crippen LogP contribution is 2.71. The Balaban J connectivity index is 1.59. The first-order chi connectivity index (χ1) is 17.3. The van der Waals surface area contributed by atoms with Gasteiger partial charge in [-0.2, -0.15) is 0 Å². The van der Waals surface area contributed by atoms with Crippen molar-refractivity contribution in [2.24, 2.45) is 28.6 Å². The molecule has 0 spiro atoms. The lowest BCUT2D eigenvalue weighted by Gasteiger charge is -2.63. The zero-order chi connectivity index (χ0) is 27.0. The maximum absolute atomic E-state index is 17.4. The van der Waals surface area contributed by atoms with Gasteiger partial charge in [0.15, 0.2) is 22.8 Å². The predicted octanol–water partition coefficient (Wildman–Crippen LogP) is 5.80. The second-order valence-corrected chi connectivity index (χ2v) is 12.2. The van der Waals surface area contributed by atoms with Gasteiger partial charge in [0.25, 0.3) is 0 Å². The Morgan fingerprint density at radius 2 is 1.89 bits per heavy atom. The number of aliphatic hydroxyl groups excluding tert-OH is 1. The van der Waals surface area contributed by atoms with Crippen LogP contribution in [0, 0.1) is 28.6 Å². The lowest BCUT2D eigenvalue weighted by molar-refractivity contribution is -0.227. The Hall–Kier alpha value is -1.80. The first kappa shape index (κ1) is 26.8. The van der Waals surface area contributed by atoms with Gasteiger partial charge in [-0.25, -0.2) is 8.78 Å². The van der Waals surface area contributed by atoms with Crippen molar-refractivity contribution in [1.82, 2.24) is 0 Å². The molecule has 0 bridgehead atoms. The van der Waals surface area contributed by atoms with Gasteiger partial charge in [-0.3, -0.25) is 19.9 Å². The van der Waals surface area contributed by atoms with Crippen molar-refractivity contribution in [2.45, 2.75) is 63.6 Å². The van der Waals surface area contributed by atoms with Crippen LogP contribution in [0.2, 0.25) is 5.02 Å². The van der Waals surface area contributed by atoms with Gasteiger partial charge in [-0.1, -0.05) is 31.5 Å². The van der Waals surface area contributed by atoms with E-state index >= 15 is 8.78 Å². The third-order valence-corrected chi connectivity index (χ3v) is 10.4. The Kier molecular flexibility index (Phi) is 6.42. The predicted molar refractivity (Wildman–Crippen MR) is 138 cm³/mol. The summed E-state index contributed by atoms with van der Waals surface area (Å²) >= 11 is 12.1. The van der Waals surface area contributed by atoms with Crippen LogP contribution in [-0.2, 0) is 14.4 Å². The zero-order valence-corrected chi connectivity index (χ0v) is 22.5. The minimum absolute atomic E-state index is 0.0659. The largest absolute Gasteiger partial charge is 0.390 e. The van der Waals surface area contributed by atoms with Gasteiger partial charge in [0.1, 0.15) is 6.17 Å². The topological polar surface area (TPSA) is 75.6 Å². The molecule has 3 fully saturated rings. The smallest absolute Gasteiger partial charge is 0.182 e. The Bertz CT molecular complexity index is 1190. The van der Waals surface area contributed by atoms with E-state index in [0.717, 1.165) is 0 Å². The van der Waals surface area contributed by atoms with E-state index in [1.54, 1.807) is 31.2 Å². The number of fused-ring (bicyclic) bond motifs is 5. The monoisotopic (exact) mass is 553 g/mol. The third kappa shape index (κ3) is 3.46. The maximum atomic E-state index is 17.4. The van der Waals surface area contributed by atoms with Crippen LogP contribution in [0.15, 0.2) is 48.1 Å². The van der Waals surface area contributed by atoms with Gasteiger partial charge in [-0.05, 0) is 80.0 Å². The van der Waals surface area contributed by atoms with Crippen LogP contribution in [0.1, 0.15) is 40.0 Å². The molecule has 4 aliphatic carbocycles. The van der Waals surface area contributed by atoms with E-state index in [-0.39, 0.29) is 30.1 Å². The fourth-order valence-electron chi connectivity index (χ4n) is 8.15. The van der Waals surface area contributed by atoms with Gasteiger partial charge >= 0.3 is 0 Å². The molecule has 37 heavy (non-hydrogen) atoms. The van der Waals surface area contributed by atoms with Crippen molar-refractivity contribution in [3.8, 4) is 0 Å². The molecule has 0 aromatic heterocycles. The number of Topliss-reactive ketones (excluding diaryl/α,β-unsaturated/α-hetero) is 1. The average Bonchev–Trinajstić information content (AvgIpc) is 3.08. The molecule has 0 unspecified atom stereocenters. The number of rotatable bonds is 5. The molecule has 200 valence electrons. The van der Waals surface area contributed by atoms with Crippen molar-refractivity contribution < 1.29 is 28.3 Å². The lowest BCUT2D eigenvalue weighted by Crippen LogP contribution is -2.71. The molecule has 5 nitrogen and oxygen atoms in total. The SMILES string of the molecule is C[C@@H]1C[C@H]2[C@@H]3C[C@H](F)C4=CC(=O)C=C[C@]4(C)[C@@]3(F)[C@@H](O)C[C@]2(C)[C@@]1(ONc1ccc(Cl)cc1)C(=O)CCl. The van der Waals surface area contributed by atoms with Crippen LogP contribution >= 0.6 is 23.2 Å². The van der Waals surface area contributed by atoms with Gasteiger partial charge in [-0.15, -0.1) is 11.6 Å². The second kappa shape index (κ2) is 8.87. The van der Waals surface area contributed by atoms with Crippen LogP contribution in [0.25, 0.3) is 0 Å². The Morgan fingerprint density at radius 1 is 1.22 bits per heavy atom. The number of alkyl halides is 3. The number of anilines is 1. The highest BCUT2D eigenvalue weighted by atomic mass is 35.5. The van der Waals surface area contributed by atoms with Gasteiger partial charge in [0.2, 0.25) is 0 Å². The van der Waals surface area contributed by atoms with E-state index < -0.39 is 57.9 Å².